The van der Waals surface area contributed by atoms with Crippen LogP contribution in [0.25, 0.3) is 0 Å². The lowest BCUT2D eigenvalue weighted by Gasteiger charge is -2.07. The molecule has 1 heterocycles. The molecule has 1 aliphatic heterocycles. The minimum Gasteiger partial charge on any atom is -0.369 e. The molecular weight excluding hydrogens is 166 g/mol. The van der Waals surface area contributed by atoms with E-state index in [0.717, 1.165) is 0 Å². The quantitative estimate of drug-likeness (QED) is 0.706. The molecule has 1 aliphatic rings. The number of nitrogens with one attached hydrogen (secondary N) is 1. The van der Waals surface area contributed by atoms with E-state index in [2.05, 4.69) is 36.5 Å². The monoisotopic (exact) mass is 176 g/mol. The van der Waals surface area contributed by atoms with Crippen molar-refractivity contribution in [3.63, 3.8) is 0 Å². The summed E-state index contributed by atoms with van der Waals surface area (Å²) in [5.41, 5.74) is 1.26. The van der Waals surface area contributed by atoms with Gasteiger partial charge in [-0.3, -0.25) is 0 Å². The molecule has 0 aromatic heterocycles. The fourth-order valence-corrected chi connectivity index (χ4v) is 1.93. The van der Waals surface area contributed by atoms with E-state index in [1.807, 2.05) is 12.3 Å². The normalized spacial score (nSPS) is 17.2. The summed E-state index contributed by atoms with van der Waals surface area (Å²) in [6.07, 6.45) is 2.03. The van der Waals surface area contributed by atoms with Crippen LogP contribution in [0.15, 0.2) is 41.4 Å². The van der Waals surface area contributed by atoms with Crippen molar-refractivity contribution in [1.29, 1.82) is 0 Å². The van der Waals surface area contributed by atoms with Crippen LogP contribution in [0.4, 0.5) is 0 Å². The zero-order valence-electron chi connectivity index (χ0n) is 6.87. The van der Waals surface area contributed by atoms with Gasteiger partial charge >= 0.3 is 0 Å². The van der Waals surface area contributed by atoms with Gasteiger partial charge in [-0.25, -0.2) is 0 Å². The summed E-state index contributed by atoms with van der Waals surface area (Å²) in [5.74, 6) is 0. The van der Waals surface area contributed by atoms with Gasteiger partial charge in [0.15, 0.2) is 5.37 Å². The van der Waals surface area contributed by atoms with Gasteiger partial charge in [-0.1, -0.05) is 42.1 Å². The van der Waals surface area contributed by atoms with E-state index in [4.69, 9.17) is 0 Å². The van der Waals surface area contributed by atoms with Gasteiger partial charge in [0.2, 0.25) is 0 Å². The summed E-state index contributed by atoms with van der Waals surface area (Å²) >= 11 is 1.79. The molecule has 0 atom stereocenters. The van der Waals surface area contributed by atoms with Gasteiger partial charge in [-0.2, -0.15) is 0 Å². The Balaban J connectivity index is 2.14. The molecule has 0 fully saturated rings. The van der Waals surface area contributed by atoms with E-state index in [-0.39, 0.29) is 0 Å². The predicted octanol–water partition coefficient (Wildman–Crippen LogP) is 2.72. The molecule has 0 amide bonds. The molecular formula is C10H10NS. The van der Waals surface area contributed by atoms with Crippen LogP contribution in [0.5, 0.6) is 0 Å². The molecule has 2 rings (SSSR count). The van der Waals surface area contributed by atoms with Crippen molar-refractivity contribution < 1.29 is 0 Å². The predicted molar refractivity (Wildman–Crippen MR) is 53.3 cm³/mol. The molecule has 0 spiro atoms. The van der Waals surface area contributed by atoms with Crippen molar-refractivity contribution in [3.8, 4) is 0 Å². The number of allylic oxidation sites excluding steroid dienone is 1. The first kappa shape index (κ1) is 7.74. The number of thioether (sulfide) groups is 1. The van der Waals surface area contributed by atoms with Crippen LogP contribution >= 0.6 is 11.8 Å². The second kappa shape index (κ2) is 3.23. The van der Waals surface area contributed by atoms with E-state index in [1.165, 1.54) is 15.8 Å². The highest BCUT2D eigenvalue weighted by Gasteiger charge is 2.16. The minimum atomic E-state index is 1.23. The van der Waals surface area contributed by atoms with Crippen LogP contribution in [0, 0.1) is 5.37 Å². The molecule has 1 aromatic carbocycles. The van der Waals surface area contributed by atoms with Gasteiger partial charge in [0.1, 0.15) is 0 Å². The average molecular weight is 176 g/mol. The van der Waals surface area contributed by atoms with E-state index in [0.29, 0.717) is 0 Å². The lowest BCUT2D eigenvalue weighted by Crippen LogP contribution is -2.07. The van der Waals surface area contributed by atoms with E-state index in [1.54, 1.807) is 11.8 Å². The summed E-state index contributed by atoms with van der Waals surface area (Å²) in [6.45, 7) is 2.10. The Hall–Kier alpha value is -0.890. The third kappa shape index (κ3) is 1.48. The van der Waals surface area contributed by atoms with Gasteiger partial charge in [0.25, 0.3) is 0 Å². The molecule has 1 nitrogen and oxygen atoms in total. The smallest absolute Gasteiger partial charge is 0.151 e. The fraction of sp³-hybridized carbons (Fsp3) is 0.100. The van der Waals surface area contributed by atoms with Gasteiger partial charge in [0.05, 0.1) is 0 Å². The first-order valence-corrected chi connectivity index (χ1v) is 4.71. The Labute approximate surface area is 76.9 Å². The number of benzene rings is 1. The van der Waals surface area contributed by atoms with E-state index < -0.39 is 0 Å². The largest absolute Gasteiger partial charge is 0.369 e. The molecule has 0 aliphatic carbocycles. The van der Waals surface area contributed by atoms with Crippen molar-refractivity contribution in [3.05, 3.63) is 52.4 Å². The van der Waals surface area contributed by atoms with Gasteiger partial charge in [0, 0.05) is 11.1 Å². The van der Waals surface area contributed by atoms with E-state index >= 15 is 0 Å². The Morgan fingerprint density at radius 1 is 1.17 bits per heavy atom. The molecule has 1 aromatic rings. The zero-order valence-corrected chi connectivity index (χ0v) is 7.69. The number of rotatable bonds is 1. The minimum absolute atomic E-state index is 1.23. The number of hydrogen-bond donors (Lipinski definition) is 1. The highest BCUT2D eigenvalue weighted by molar-refractivity contribution is 8.06. The molecule has 12 heavy (non-hydrogen) atoms. The standard InChI is InChI=1S/C10H10NS/c1-8-7-11-10(12-8)9-5-3-2-4-6-9/h2-7,11H,1H3. The highest BCUT2D eigenvalue weighted by Crippen LogP contribution is 2.35. The van der Waals surface area contributed by atoms with Crippen LogP contribution in [0.2, 0.25) is 0 Å². The first-order chi connectivity index (χ1) is 5.86. The van der Waals surface area contributed by atoms with Gasteiger partial charge < -0.3 is 5.32 Å². The lowest BCUT2D eigenvalue weighted by atomic mass is 10.2. The zero-order chi connectivity index (χ0) is 8.39. The highest BCUT2D eigenvalue weighted by atomic mass is 32.2. The summed E-state index contributed by atoms with van der Waals surface area (Å²) in [7, 11) is 0. The molecule has 1 radical (unpaired) electrons. The molecule has 0 bridgehead atoms. The van der Waals surface area contributed by atoms with Crippen LogP contribution in [-0.4, -0.2) is 0 Å². The summed E-state index contributed by atoms with van der Waals surface area (Å²) < 4.78 is 0. The van der Waals surface area contributed by atoms with E-state index in [9.17, 15) is 0 Å². The Morgan fingerprint density at radius 2 is 1.92 bits per heavy atom. The van der Waals surface area contributed by atoms with Crippen molar-refractivity contribution in [1.82, 2.24) is 5.32 Å². The van der Waals surface area contributed by atoms with Crippen molar-refractivity contribution in [2.75, 3.05) is 0 Å². The van der Waals surface area contributed by atoms with Crippen molar-refractivity contribution >= 4 is 11.8 Å². The molecule has 61 valence electrons. The van der Waals surface area contributed by atoms with Crippen LogP contribution in [0.3, 0.4) is 0 Å². The SMILES string of the molecule is CC1=CN[C](c2ccccc2)S1. The van der Waals surface area contributed by atoms with Gasteiger partial charge in [-0.15, -0.1) is 0 Å². The maximum absolute atomic E-state index is 3.24. The average Bonchev–Trinajstić information content (AvgIpc) is 2.54. The second-order valence-electron chi connectivity index (χ2n) is 2.70. The topological polar surface area (TPSA) is 12.0 Å². The Kier molecular flexibility index (Phi) is 2.09. The summed E-state index contributed by atoms with van der Waals surface area (Å²) in [6, 6.07) is 10.4. The molecule has 1 N–H and O–H groups in total. The van der Waals surface area contributed by atoms with Crippen molar-refractivity contribution in [2.45, 2.75) is 6.92 Å². The molecule has 0 unspecified atom stereocenters. The molecule has 0 saturated carbocycles. The Morgan fingerprint density at radius 3 is 2.50 bits per heavy atom. The maximum atomic E-state index is 3.24. The first-order valence-electron chi connectivity index (χ1n) is 3.90. The second-order valence-corrected chi connectivity index (χ2v) is 3.95. The third-order valence-corrected chi connectivity index (χ3v) is 2.70. The third-order valence-electron chi connectivity index (χ3n) is 1.71. The van der Waals surface area contributed by atoms with Crippen molar-refractivity contribution in [2.24, 2.45) is 0 Å². The van der Waals surface area contributed by atoms with Crippen LogP contribution in [0.1, 0.15) is 12.5 Å². The number of hydrogen-bond acceptors (Lipinski definition) is 2. The fourth-order valence-electron chi connectivity index (χ4n) is 1.12. The van der Waals surface area contributed by atoms with Crippen LogP contribution in [-0.2, 0) is 0 Å². The molecule has 2 heteroatoms. The van der Waals surface area contributed by atoms with Gasteiger partial charge in [-0.05, 0) is 12.5 Å². The summed E-state index contributed by atoms with van der Waals surface area (Å²) in [5, 5.41) is 4.47. The lowest BCUT2D eigenvalue weighted by molar-refractivity contribution is 1.06. The molecule has 0 saturated heterocycles. The Bertz CT molecular complexity index is 292. The summed E-state index contributed by atoms with van der Waals surface area (Å²) in [4.78, 5) is 1.31. The maximum Gasteiger partial charge on any atom is 0.151 e. The van der Waals surface area contributed by atoms with Crippen LogP contribution < -0.4 is 5.32 Å².